The molecule has 0 fully saturated rings. The summed E-state index contributed by atoms with van der Waals surface area (Å²) in [5.74, 6) is 0.362. The van der Waals surface area contributed by atoms with Crippen molar-refractivity contribution in [3.63, 3.8) is 0 Å². The molecule has 3 N–H and O–H groups in total. The van der Waals surface area contributed by atoms with E-state index in [2.05, 4.69) is 19.7 Å². The van der Waals surface area contributed by atoms with Crippen molar-refractivity contribution < 1.29 is 13.2 Å². The predicted octanol–water partition coefficient (Wildman–Crippen LogP) is 4.17. The molecule has 0 bridgehead atoms. The SMILES string of the molecule is COc1ncc(-c2cc3c(C)nc(N)nc3s2)cc1NS(=O)(=O)c1ccc(Cl)s1. The molecule has 0 aliphatic rings. The van der Waals surface area contributed by atoms with Crippen LogP contribution in [0.3, 0.4) is 0 Å². The lowest BCUT2D eigenvalue weighted by atomic mass is 10.2. The highest BCUT2D eigenvalue weighted by Crippen LogP contribution is 2.37. The smallest absolute Gasteiger partial charge is 0.271 e. The fraction of sp³-hybridized carbons (Fsp3) is 0.118. The van der Waals surface area contributed by atoms with Crippen LogP contribution in [0.2, 0.25) is 4.34 Å². The molecule has 0 aliphatic heterocycles. The van der Waals surface area contributed by atoms with Gasteiger partial charge in [0.15, 0.2) is 0 Å². The maximum atomic E-state index is 12.7. The van der Waals surface area contributed by atoms with Crippen molar-refractivity contribution in [2.24, 2.45) is 0 Å². The highest BCUT2D eigenvalue weighted by atomic mass is 35.5. The Bertz CT molecular complexity index is 1330. The molecule has 4 heterocycles. The van der Waals surface area contributed by atoms with E-state index in [1.54, 1.807) is 12.3 Å². The van der Waals surface area contributed by atoms with Crippen LogP contribution < -0.4 is 15.2 Å². The minimum atomic E-state index is -3.83. The van der Waals surface area contributed by atoms with Gasteiger partial charge in [0.2, 0.25) is 11.8 Å². The van der Waals surface area contributed by atoms with Crippen LogP contribution in [0.25, 0.3) is 20.7 Å². The first-order chi connectivity index (χ1) is 13.8. The number of halogens is 1. The number of aryl methyl sites for hydroxylation is 1. The summed E-state index contributed by atoms with van der Waals surface area (Å²) in [5, 5.41) is 0.880. The highest BCUT2D eigenvalue weighted by molar-refractivity contribution is 7.94. The lowest BCUT2D eigenvalue weighted by Gasteiger charge is -2.11. The average Bonchev–Trinajstić information content (AvgIpc) is 3.28. The van der Waals surface area contributed by atoms with E-state index in [9.17, 15) is 8.42 Å². The normalized spacial score (nSPS) is 11.7. The number of fused-ring (bicyclic) bond motifs is 1. The zero-order chi connectivity index (χ0) is 20.8. The van der Waals surface area contributed by atoms with Crippen molar-refractivity contribution in [3.8, 4) is 16.3 Å². The van der Waals surface area contributed by atoms with Gasteiger partial charge in [-0.1, -0.05) is 11.6 Å². The van der Waals surface area contributed by atoms with Gasteiger partial charge in [0.05, 0.1) is 17.1 Å². The molecule has 150 valence electrons. The molecular formula is C17H14ClN5O3S3. The number of aromatic nitrogens is 3. The van der Waals surface area contributed by atoms with Crippen LogP contribution in [0, 0.1) is 6.92 Å². The predicted molar refractivity (Wildman–Crippen MR) is 116 cm³/mol. The zero-order valence-corrected chi connectivity index (χ0v) is 18.3. The summed E-state index contributed by atoms with van der Waals surface area (Å²) in [4.78, 5) is 14.3. The number of hydrogen-bond acceptors (Lipinski definition) is 9. The fourth-order valence-electron chi connectivity index (χ4n) is 2.69. The molecule has 4 aromatic rings. The van der Waals surface area contributed by atoms with E-state index in [1.165, 1.54) is 30.6 Å². The van der Waals surface area contributed by atoms with E-state index in [0.717, 1.165) is 32.1 Å². The molecule has 0 saturated carbocycles. The van der Waals surface area contributed by atoms with Gasteiger partial charge in [-0.05, 0) is 31.2 Å². The minimum absolute atomic E-state index is 0.0955. The summed E-state index contributed by atoms with van der Waals surface area (Å²) in [5.41, 5.74) is 7.42. The van der Waals surface area contributed by atoms with Crippen LogP contribution in [0.1, 0.15) is 5.69 Å². The Morgan fingerprint density at radius 2 is 2.00 bits per heavy atom. The number of rotatable bonds is 5. The van der Waals surface area contributed by atoms with Crippen molar-refractivity contribution in [2.45, 2.75) is 11.1 Å². The van der Waals surface area contributed by atoms with Gasteiger partial charge in [-0.25, -0.2) is 23.4 Å². The quantitative estimate of drug-likeness (QED) is 0.451. The number of ether oxygens (including phenoxy) is 1. The molecule has 0 aromatic carbocycles. The van der Waals surface area contributed by atoms with Gasteiger partial charge >= 0.3 is 0 Å². The molecule has 12 heteroatoms. The summed E-state index contributed by atoms with van der Waals surface area (Å²) in [7, 11) is -2.41. The molecule has 4 aromatic heterocycles. The monoisotopic (exact) mass is 467 g/mol. The lowest BCUT2D eigenvalue weighted by Crippen LogP contribution is -2.12. The number of pyridine rings is 1. The third-order valence-corrected chi connectivity index (χ3v) is 8.15. The Hall–Kier alpha value is -2.47. The summed E-state index contributed by atoms with van der Waals surface area (Å²) in [6, 6.07) is 6.56. The first-order valence-corrected chi connectivity index (χ1v) is 11.6. The third kappa shape index (κ3) is 3.86. The zero-order valence-electron chi connectivity index (χ0n) is 15.1. The molecule has 0 radical (unpaired) electrons. The van der Waals surface area contributed by atoms with Crippen LogP contribution in [-0.2, 0) is 10.0 Å². The number of sulfonamides is 1. The van der Waals surface area contributed by atoms with Crippen molar-refractivity contribution in [3.05, 3.63) is 40.5 Å². The van der Waals surface area contributed by atoms with Crippen LogP contribution in [-0.4, -0.2) is 30.5 Å². The van der Waals surface area contributed by atoms with E-state index in [0.29, 0.717) is 9.90 Å². The Morgan fingerprint density at radius 1 is 1.21 bits per heavy atom. The van der Waals surface area contributed by atoms with Crippen LogP contribution in [0.15, 0.2) is 34.7 Å². The molecular weight excluding hydrogens is 454 g/mol. The number of nitrogens with zero attached hydrogens (tertiary/aromatic N) is 3. The first kappa shape index (κ1) is 19.8. The molecule has 0 unspecified atom stereocenters. The first-order valence-electron chi connectivity index (χ1n) is 8.13. The summed E-state index contributed by atoms with van der Waals surface area (Å²) < 4.78 is 33.6. The largest absolute Gasteiger partial charge is 0.480 e. The van der Waals surface area contributed by atoms with E-state index in [1.807, 2.05) is 13.0 Å². The lowest BCUT2D eigenvalue weighted by molar-refractivity contribution is 0.400. The van der Waals surface area contributed by atoms with E-state index < -0.39 is 10.0 Å². The Labute approximate surface area is 179 Å². The van der Waals surface area contributed by atoms with Crippen molar-refractivity contribution in [1.29, 1.82) is 0 Å². The second-order valence-electron chi connectivity index (χ2n) is 5.94. The van der Waals surface area contributed by atoms with Crippen molar-refractivity contribution in [2.75, 3.05) is 17.6 Å². The summed E-state index contributed by atoms with van der Waals surface area (Å²) in [6.45, 7) is 1.86. The molecule has 8 nitrogen and oxygen atoms in total. The van der Waals surface area contributed by atoms with E-state index in [4.69, 9.17) is 22.1 Å². The van der Waals surface area contributed by atoms with E-state index >= 15 is 0 Å². The number of nitrogen functional groups attached to an aromatic ring is 1. The number of thiophene rings is 2. The molecule has 0 atom stereocenters. The van der Waals surface area contributed by atoms with Crippen molar-refractivity contribution in [1.82, 2.24) is 15.0 Å². The van der Waals surface area contributed by atoms with Gasteiger partial charge < -0.3 is 10.5 Å². The van der Waals surface area contributed by atoms with Crippen molar-refractivity contribution >= 4 is 66.2 Å². The fourth-order valence-corrected chi connectivity index (χ4v) is 6.29. The molecule has 0 aliphatic carbocycles. The second kappa shape index (κ2) is 7.41. The van der Waals surface area contributed by atoms with Gasteiger partial charge in [-0.3, -0.25) is 4.72 Å². The van der Waals surface area contributed by atoms with Gasteiger partial charge in [-0.2, -0.15) is 0 Å². The average molecular weight is 468 g/mol. The van der Waals surface area contributed by atoms with Crippen LogP contribution in [0.4, 0.5) is 11.6 Å². The number of anilines is 2. The standard InChI is InChI=1S/C17H14ClN5O3S3/c1-8-10-6-12(27-16(10)22-17(19)21-8)9-5-11(15(26-2)20-7-9)23-29(24,25)14-4-3-13(18)28-14/h3-7,23H,1-2H3,(H2,19,21,22). The third-order valence-electron chi connectivity index (χ3n) is 3.99. The molecule has 29 heavy (non-hydrogen) atoms. The molecule has 0 saturated heterocycles. The van der Waals surface area contributed by atoms with Gasteiger partial charge in [0.25, 0.3) is 10.0 Å². The molecule has 0 spiro atoms. The Morgan fingerprint density at radius 3 is 2.69 bits per heavy atom. The molecule has 0 amide bonds. The maximum Gasteiger partial charge on any atom is 0.271 e. The molecule has 4 rings (SSSR count). The van der Waals surface area contributed by atoms with Crippen LogP contribution in [0.5, 0.6) is 5.88 Å². The summed E-state index contributed by atoms with van der Waals surface area (Å²) >= 11 is 8.24. The second-order valence-corrected chi connectivity index (χ2v) is 10.6. The van der Waals surface area contributed by atoms with E-state index in [-0.39, 0.29) is 21.7 Å². The Kier molecular flexibility index (Phi) is 5.07. The highest BCUT2D eigenvalue weighted by Gasteiger charge is 2.20. The van der Waals surface area contributed by atoms with Gasteiger partial charge in [-0.15, -0.1) is 22.7 Å². The summed E-state index contributed by atoms with van der Waals surface area (Å²) in [6.07, 6.45) is 1.61. The van der Waals surface area contributed by atoms with Gasteiger partial charge in [0, 0.05) is 22.0 Å². The topological polar surface area (TPSA) is 120 Å². The number of methoxy groups -OCH3 is 1. The maximum absolute atomic E-state index is 12.7. The van der Waals surface area contributed by atoms with Gasteiger partial charge in [0.1, 0.15) is 14.7 Å². The number of nitrogens with one attached hydrogen (secondary N) is 1. The number of nitrogens with two attached hydrogens (primary N) is 1. The van der Waals surface area contributed by atoms with Crippen LogP contribution >= 0.6 is 34.3 Å². The minimum Gasteiger partial charge on any atom is -0.480 e. The number of hydrogen-bond donors (Lipinski definition) is 2. The Balaban J connectivity index is 1.77.